The Labute approximate surface area is 229 Å². The molecule has 202 valence electrons. The Morgan fingerprint density at radius 1 is 1.23 bits per heavy atom. The summed E-state index contributed by atoms with van der Waals surface area (Å²) in [6, 6.07) is 5.48. The van der Waals surface area contributed by atoms with Crippen molar-refractivity contribution in [3.8, 4) is 16.3 Å². The molecule has 4 aromatic rings. The Bertz CT molecular complexity index is 1540. The van der Waals surface area contributed by atoms with E-state index < -0.39 is 0 Å². The van der Waals surface area contributed by atoms with Crippen LogP contribution in [0, 0.1) is 12.3 Å². The second-order valence-electron chi connectivity index (χ2n) is 10.1. The van der Waals surface area contributed by atoms with Crippen molar-refractivity contribution in [3.63, 3.8) is 0 Å². The highest BCUT2D eigenvalue weighted by atomic mass is 32.1. The van der Waals surface area contributed by atoms with Crippen LogP contribution in [-0.4, -0.2) is 76.3 Å². The summed E-state index contributed by atoms with van der Waals surface area (Å²) in [5.74, 6) is 0.0839. The van der Waals surface area contributed by atoms with Crippen LogP contribution < -0.4 is 15.4 Å². The number of amides is 2. The molecule has 6 rings (SSSR count). The summed E-state index contributed by atoms with van der Waals surface area (Å²) in [7, 11) is 1.57. The first kappa shape index (κ1) is 25.4. The third-order valence-corrected chi connectivity index (χ3v) is 8.50. The summed E-state index contributed by atoms with van der Waals surface area (Å²) in [5, 5.41) is 10.2. The summed E-state index contributed by atoms with van der Waals surface area (Å²) < 4.78 is 12.6. The van der Waals surface area contributed by atoms with Gasteiger partial charge in [-0.05, 0) is 44.5 Å². The van der Waals surface area contributed by atoms with Gasteiger partial charge in [0.05, 0.1) is 65.7 Å². The Kier molecular flexibility index (Phi) is 6.75. The predicted octanol–water partition coefficient (Wildman–Crippen LogP) is 3.47. The molecule has 39 heavy (non-hydrogen) atoms. The van der Waals surface area contributed by atoms with Crippen LogP contribution in [0.15, 0.2) is 43.0 Å². The van der Waals surface area contributed by atoms with E-state index >= 15 is 0 Å². The van der Waals surface area contributed by atoms with E-state index in [9.17, 15) is 9.59 Å². The van der Waals surface area contributed by atoms with Gasteiger partial charge in [-0.15, -0.1) is 11.3 Å². The summed E-state index contributed by atoms with van der Waals surface area (Å²) in [6.45, 7) is 5.48. The Morgan fingerprint density at radius 3 is 2.95 bits per heavy atom. The third kappa shape index (κ3) is 5.10. The van der Waals surface area contributed by atoms with E-state index in [1.807, 2.05) is 18.3 Å². The number of nitrogens with zero attached hydrogens (tertiary/aromatic N) is 5. The Hall–Kier alpha value is -3.87. The topological polar surface area (TPSA) is 123 Å². The minimum Gasteiger partial charge on any atom is -0.481 e. The lowest BCUT2D eigenvalue weighted by atomic mass is 9.87. The number of carbonyl (C=O) groups excluding carboxylic acids is 2. The van der Waals surface area contributed by atoms with Crippen LogP contribution in [0.4, 0.5) is 11.4 Å². The van der Waals surface area contributed by atoms with E-state index in [2.05, 4.69) is 30.6 Å². The number of pyridine rings is 2. The van der Waals surface area contributed by atoms with Gasteiger partial charge in [0.1, 0.15) is 4.83 Å². The van der Waals surface area contributed by atoms with Gasteiger partial charge >= 0.3 is 0 Å². The Morgan fingerprint density at radius 2 is 2.13 bits per heavy atom. The van der Waals surface area contributed by atoms with Gasteiger partial charge in [0.2, 0.25) is 11.8 Å². The molecule has 2 amide bonds. The molecular formula is C27H29N7O4S. The third-order valence-electron chi connectivity index (χ3n) is 7.36. The average molecular weight is 548 g/mol. The molecule has 2 N–H and O–H groups in total. The first-order chi connectivity index (χ1) is 18.9. The van der Waals surface area contributed by atoms with E-state index in [0.29, 0.717) is 39.9 Å². The molecular weight excluding hydrogens is 518 g/mol. The fourth-order valence-electron chi connectivity index (χ4n) is 5.26. The number of likely N-dealkylation sites (tertiary alicyclic amines) is 1. The van der Waals surface area contributed by atoms with Gasteiger partial charge in [-0.3, -0.25) is 19.5 Å². The van der Waals surface area contributed by atoms with Crippen molar-refractivity contribution in [3.05, 3.63) is 54.2 Å². The number of fused-ring (bicyclic) bond motifs is 1. The maximum absolute atomic E-state index is 13.3. The number of methoxy groups -OCH3 is 1. The molecule has 11 nitrogen and oxygen atoms in total. The van der Waals surface area contributed by atoms with Crippen molar-refractivity contribution >= 4 is 39.4 Å². The molecule has 1 unspecified atom stereocenters. The van der Waals surface area contributed by atoms with Gasteiger partial charge in [0.25, 0.3) is 5.91 Å². The molecule has 2 saturated heterocycles. The quantitative estimate of drug-likeness (QED) is 0.361. The number of carbonyl (C=O) groups is 2. The fourth-order valence-corrected chi connectivity index (χ4v) is 6.34. The van der Waals surface area contributed by atoms with Crippen LogP contribution in [0.5, 0.6) is 5.88 Å². The maximum Gasteiger partial charge on any atom is 0.260 e. The summed E-state index contributed by atoms with van der Waals surface area (Å²) in [4.78, 5) is 38.4. The standard InChI is InChI=1S/C27H29N7O4S/c1-17-21(10-18(11-29-17)31-23(35)14-33-8-5-27(15-33)6-9-38-16-27)32-24(36)20-12-30-34-13-22(39-26(20)34)19-4-3-7-28-25(19)37-2/h3-4,7,10-13H,5-6,8-9,14-16H2,1-2H3,(H,31,35)(H,32,36). The van der Waals surface area contributed by atoms with E-state index in [1.165, 1.54) is 17.5 Å². The first-order valence-corrected chi connectivity index (χ1v) is 13.6. The van der Waals surface area contributed by atoms with Gasteiger partial charge in [-0.1, -0.05) is 0 Å². The lowest BCUT2D eigenvalue weighted by Gasteiger charge is -2.21. The monoisotopic (exact) mass is 547 g/mol. The normalized spacial score (nSPS) is 19.1. The van der Waals surface area contributed by atoms with Crippen molar-refractivity contribution in [1.82, 2.24) is 24.5 Å². The molecule has 0 aliphatic carbocycles. The highest BCUT2D eigenvalue weighted by molar-refractivity contribution is 7.21. The number of hydrogen-bond acceptors (Lipinski definition) is 9. The molecule has 2 fully saturated rings. The molecule has 1 spiro atoms. The van der Waals surface area contributed by atoms with Crippen molar-refractivity contribution < 1.29 is 19.1 Å². The SMILES string of the molecule is COc1ncccc1-c1cn2ncc(C(=O)Nc3cc(NC(=O)CN4CCC5(CCOC5)C4)cnc3C)c2s1. The number of hydrogen-bond donors (Lipinski definition) is 2. The second-order valence-corrected chi connectivity index (χ2v) is 11.1. The molecule has 0 radical (unpaired) electrons. The first-order valence-electron chi connectivity index (χ1n) is 12.8. The minimum atomic E-state index is -0.314. The van der Waals surface area contributed by atoms with Crippen LogP contribution >= 0.6 is 11.3 Å². The zero-order chi connectivity index (χ0) is 27.0. The molecule has 4 aromatic heterocycles. The van der Waals surface area contributed by atoms with Crippen LogP contribution in [0.3, 0.4) is 0 Å². The van der Waals surface area contributed by atoms with E-state index in [0.717, 1.165) is 49.6 Å². The number of anilines is 2. The number of thiazole rings is 1. The number of rotatable bonds is 7. The second kappa shape index (κ2) is 10.4. The van der Waals surface area contributed by atoms with Crippen molar-refractivity contribution in [2.45, 2.75) is 19.8 Å². The maximum atomic E-state index is 13.3. The number of aromatic nitrogens is 4. The van der Waals surface area contributed by atoms with Gasteiger partial charge in [-0.25, -0.2) is 9.50 Å². The van der Waals surface area contributed by atoms with E-state index in [-0.39, 0.29) is 17.2 Å². The van der Waals surface area contributed by atoms with Crippen LogP contribution in [0.2, 0.25) is 0 Å². The van der Waals surface area contributed by atoms with Gasteiger partial charge < -0.3 is 20.1 Å². The largest absolute Gasteiger partial charge is 0.481 e. The van der Waals surface area contributed by atoms with Crippen LogP contribution in [0.1, 0.15) is 28.9 Å². The van der Waals surface area contributed by atoms with Gasteiger partial charge in [0.15, 0.2) is 0 Å². The lowest BCUT2D eigenvalue weighted by Crippen LogP contribution is -2.34. The van der Waals surface area contributed by atoms with Crippen LogP contribution in [-0.2, 0) is 9.53 Å². The highest BCUT2D eigenvalue weighted by Gasteiger charge is 2.41. The van der Waals surface area contributed by atoms with E-state index in [4.69, 9.17) is 9.47 Å². The van der Waals surface area contributed by atoms with E-state index in [1.54, 1.807) is 37.0 Å². The summed E-state index contributed by atoms with van der Waals surface area (Å²) in [5.41, 5.74) is 3.15. The molecule has 0 bridgehead atoms. The predicted molar refractivity (Wildman–Crippen MR) is 147 cm³/mol. The highest BCUT2D eigenvalue weighted by Crippen LogP contribution is 2.38. The zero-order valence-electron chi connectivity index (χ0n) is 21.8. The molecule has 1 atom stereocenters. The smallest absolute Gasteiger partial charge is 0.260 e. The average Bonchev–Trinajstić information content (AvgIpc) is 3.72. The summed E-state index contributed by atoms with van der Waals surface area (Å²) in [6.07, 6.45) is 8.78. The number of nitrogens with one attached hydrogen (secondary N) is 2. The summed E-state index contributed by atoms with van der Waals surface area (Å²) >= 11 is 1.42. The zero-order valence-corrected chi connectivity index (χ0v) is 22.6. The van der Waals surface area contributed by atoms with Crippen molar-refractivity contribution in [1.29, 1.82) is 0 Å². The van der Waals surface area contributed by atoms with Gasteiger partial charge in [-0.2, -0.15) is 5.10 Å². The number of ether oxygens (including phenoxy) is 2. The van der Waals surface area contributed by atoms with Crippen molar-refractivity contribution in [2.75, 3.05) is 50.6 Å². The minimum absolute atomic E-state index is 0.107. The molecule has 2 aliphatic heterocycles. The van der Waals surface area contributed by atoms with Crippen LogP contribution in [0.25, 0.3) is 15.3 Å². The lowest BCUT2D eigenvalue weighted by molar-refractivity contribution is -0.117. The molecule has 0 aromatic carbocycles. The van der Waals surface area contributed by atoms with Crippen molar-refractivity contribution in [2.24, 2.45) is 5.41 Å². The van der Waals surface area contributed by atoms with Gasteiger partial charge in [0, 0.05) is 31.0 Å². The molecule has 6 heterocycles. The molecule has 2 aliphatic rings. The molecule has 12 heteroatoms. The Balaban J connectivity index is 1.14. The number of aryl methyl sites for hydroxylation is 1. The fraction of sp³-hybridized carbons (Fsp3) is 0.370. The molecule has 0 saturated carbocycles.